The molecule has 0 aromatic carbocycles. The molecule has 1 amide bonds. The van der Waals surface area contributed by atoms with Crippen molar-refractivity contribution in [2.24, 2.45) is 5.73 Å². The van der Waals surface area contributed by atoms with Crippen molar-refractivity contribution in [3.8, 4) is 0 Å². The first kappa shape index (κ1) is 9.52. The molecule has 0 spiro atoms. The molecule has 0 saturated heterocycles. The lowest BCUT2D eigenvalue weighted by molar-refractivity contribution is -0.133. The fourth-order valence-electron chi connectivity index (χ4n) is 1.34. The molecular formula is C9H18N2O. The van der Waals surface area contributed by atoms with Gasteiger partial charge in [0.05, 0.1) is 5.54 Å². The molecule has 0 aromatic rings. The fraction of sp³-hybridized carbons (Fsp3) is 0.889. The minimum Gasteiger partial charge on any atom is -0.341 e. The highest BCUT2D eigenvalue weighted by molar-refractivity contribution is 5.89. The first-order valence-electron chi connectivity index (χ1n) is 4.72. The van der Waals surface area contributed by atoms with Gasteiger partial charge in [0.25, 0.3) is 0 Å². The molecule has 0 bridgehead atoms. The van der Waals surface area contributed by atoms with Crippen LogP contribution in [0.25, 0.3) is 0 Å². The molecule has 0 aliphatic heterocycles. The number of nitrogens with two attached hydrogens (primary N) is 1. The fourth-order valence-corrected chi connectivity index (χ4v) is 1.34. The Hall–Kier alpha value is -0.570. The highest BCUT2D eigenvalue weighted by atomic mass is 16.2. The van der Waals surface area contributed by atoms with Gasteiger partial charge in [0.1, 0.15) is 0 Å². The highest BCUT2D eigenvalue weighted by Gasteiger charge is 2.47. The molecule has 2 N–H and O–H groups in total. The van der Waals surface area contributed by atoms with E-state index in [1.807, 2.05) is 11.8 Å². The number of likely N-dealkylation sites (N-methyl/N-ethyl adjacent to an activating group) is 1. The predicted molar refractivity (Wildman–Crippen MR) is 48.7 cm³/mol. The van der Waals surface area contributed by atoms with Gasteiger partial charge in [-0.2, -0.15) is 0 Å². The van der Waals surface area contributed by atoms with Gasteiger partial charge in [-0.05, 0) is 26.2 Å². The summed E-state index contributed by atoms with van der Waals surface area (Å²) >= 11 is 0. The van der Waals surface area contributed by atoms with Crippen LogP contribution in [0.3, 0.4) is 0 Å². The van der Waals surface area contributed by atoms with Crippen LogP contribution in [0.5, 0.6) is 0 Å². The van der Waals surface area contributed by atoms with E-state index >= 15 is 0 Å². The van der Waals surface area contributed by atoms with Crippen LogP contribution in [0.4, 0.5) is 0 Å². The van der Waals surface area contributed by atoms with Gasteiger partial charge >= 0.3 is 0 Å². The van der Waals surface area contributed by atoms with E-state index in [0.29, 0.717) is 0 Å². The van der Waals surface area contributed by atoms with Crippen LogP contribution in [-0.2, 0) is 4.79 Å². The number of nitrogens with zero attached hydrogens (tertiary/aromatic N) is 1. The van der Waals surface area contributed by atoms with E-state index in [1.165, 1.54) is 0 Å². The van der Waals surface area contributed by atoms with Gasteiger partial charge in [-0.15, -0.1) is 0 Å². The summed E-state index contributed by atoms with van der Waals surface area (Å²) in [5.41, 5.74) is 5.32. The van der Waals surface area contributed by atoms with E-state index in [-0.39, 0.29) is 5.91 Å². The van der Waals surface area contributed by atoms with Crippen molar-refractivity contribution in [1.82, 2.24) is 4.90 Å². The average molecular weight is 170 g/mol. The molecule has 70 valence electrons. The number of carbonyl (C=O) groups is 1. The van der Waals surface area contributed by atoms with Crippen LogP contribution in [0, 0.1) is 0 Å². The summed E-state index contributed by atoms with van der Waals surface area (Å²) in [5.74, 6) is 0.145. The first-order valence-corrected chi connectivity index (χ1v) is 4.72. The van der Waals surface area contributed by atoms with E-state index < -0.39 is 5.54 Å². The van der Waals surface area contributed by atoms with Gasteiger partial charge in [-0.25, -0.2) is 0 Å². The zero-order valence-electron chi connectivity index (χ0n) is 7.97. The SMILES string of the molecule is CCCN(CC)C(=O)C1(N)CC1. The lowest BCUT2D eigenvalue weighted by atomic mass is 10.2. The lowest BCUT2D eigenvalue weighted by Crippen LogP contribution is -2.45. The van der Waals surface area contributed by atoms with Crippen molar-refractivity contribution < 1.29 is 4.79 Å². The largest absolute Gasteiger partial charge is 0.341 e. The molecule has 0 atom stereocenters. The van der Waals surface area contributed by atoms with Crippen LogP contribution in [0.2, 0.25) is 0 Å². The van der Waals surface area contributed by atoms with E-state index in [0.717, 1.165) is 32.4 Å². The van der Waals surface area contributed by atoms with Crippen LogP contribution >= 0.6 is 0 Å². The third kappa shape index (κ3) is 1.78. The molecule has 12 heavy (non-hydrogen) atoms. The number of hydrogen-bond donors (Lipinski definition) is 1. The minimum absolute atomic E-state index is 0.145. The Morgan fingerprint density at radius 3 is 2.42 bits per heavy atom. The third-order valence-corrected chi connectivity index (χ3v) is 2.38. The Labute approximate surface area is 73.9 Å². The Balaban J connectivity index is 2.48. The van der Waals surface area contributed by atoms with Crippen molar-refractivity contribution in [1.29, 1.82) is 0 Å². The second-order valence-corrected chi connectivity index (χ2v) is 3.54. The molecular weight excluding hydrogens is 152 g/mol. The van der Waals surface area contributed by atoms with Crippen LogP contribution in [0.1, 0.15) is 33.1 Å². The van der Waals surface area contributed by atoms with Gasteiger partial charge in [0, 0.05) is 13.1 Å². The maximum atomic E-state index is 11.6. The topological polar surface area (TPSA) is 46.3 Å². The van der Waals surface area contributed by atoms with Gasteiger partial charge in [0.15, 0.2) is 0 Å². The molecule has 1 saturated carbocycles. The third-order valence-electron chi connectivity index (χ3n) is 2.38. The van der Waals surface area contributed by atoms with Crippen molar-refractivity contribution in [3.05, 3.63) is 0 Å². The summed E-state index contributed by atoms with van der Waals surface area (Å²) in [6.07, 6.45) is 2.74. The maximum absolute atomic E-state index is 11.6. The van der Waals surface area contributed by atoms with Gasteiger partial charge < -0.3 is 10.6 Å². The summed E-state index contributed by atoms with van der Waals surface area (Å²) in [6.45, 7) is 5.70. The minimum atomic E-state index is -0.481. The summed E-state index contributed by atoms with van der Waals surface area (Å²) < 4.78 is 0. The Bertz CT molecular complexity index is 175. The predicted octanol–water partition coefficient (Wildman–Crippen LogP) is 0.736. The molecule has 1 fully saturated rings. The van der Waals surface area contributed by atoms with Crippen LogP contribution in [0.15, 0.2) is 0 Å². The number of amides is 1. The van der Waals surface area contributed by atoms with E-state index in [9.17, 15) is 4.79 Å². The van der Waals surface area contributed by atoms with Crippen molar-refractivity contribution >= 4 is 5.91 Å². The standard InChI is InChI=1S/C9H18N2O/c1-3-7-11(4-2)8(12)9(10)5-6-9/h3-7,10H2,1-2H3. The number of rotatable bonds is 4. The second-order valence-electron chi connectivity index (χ2n) is 3.54. The molecule has 0 unspecified atom stereocenters. The smallest absolute Gasteiger partial charge is 0.242 e. The second kappa shape index (κ2) is 3.44. The molecule has 3 heteroatoms. The monoisotopic (exact) mass is 170 g/mol. The van der Waals surface area contributed by atoms with Crippen molar-refractivity contribution in [2.45, 2.75) is 38.6 Å². The number of hydrogen-bond acceptors (Lipinski definition) is 2. The maximum Gasteiger partial charge on any atom is 0.242 e. The summed E-state index contributed by atoms with van der Waals surface area (Å²) in [7, 11) is 0. The van der Waals surface area contributed by atoms with Crippen LogP contribution in [-0.4, -0.2) is 29.4 Å². The van der Waals surface area contributed by atoms with Gasteiger partial charge in [-0.3, -0.25) is 4.79 Å². The molecule has 1 rings (SSSR count). The van der Waals surface area contributed by atoms with Crippen molar-refractivity contribution in [2.75, 3.05) is 13.1 Å². The Morgan fingerprint density at radius 1 is 1.50 bits per heavy atom. The van der Waals surface area contributed by atoms with Gasteiger partial charge in [0.2, 0.25) is 5.91 Å². The van der Waals surface area contributed by atoms with Crippen LogP contribution < -0.4 is 5.73 Å². The zero-order valence-corrected chi connectivity index (χ0v) is 7.97. The molecule has 1 aliphatic rings. The number of carbonyl (C=O) groups excluding carboxylic acids is 1. The first-order chi connectivity index (χ1) is 5.64. The average Bonchev–Trinajstić information content (AvgIpc) is 2.79. The normalized spacial score (nSPS) is 18.9. The van der Waals surface area contributed by atoms with Gasteiger partial charge in [-0.1, -0.05) is 6.92 Å². The highest BCUT2D eigenvalue weighted by Crippen LogP contribution is 2.34. The quantitative estimate of drug-likeness (QED) is 0.676. The molecule has 3 nitrogen and oxygen atoms in total. The summed E-state index contributed by atoms with van der Waals surface area (Å²) in [5, 5.41) is 0. The zero-order chi connectivity index (χ0) is 9.19. The van der Waals surface area contributed by atoms with E-state index in [4.69, 9.17) is 5.73 Å². The van der Waals surface area contributed by atoms with Crippen molar-refractivity contribution in [3.63, 3.8) is 0 Å². The summed E-state index contributed by atoms with van der Waals surface area (Å²) in [6, 6.07) is 0. The summed E-state index contributed by atoms with van der Waals surface area (Å²) in [4.78, 5) is 13.5. The molecule has 0 heterocycles. The van der Waals surface area contributed by atoms with E-state index in [2.05, 4.69) is 6.92 Å². The Kier molecular flexibility index (Phi) is 2.73. The molecule has 0 aromatic heterocycles. The molecule has 0 radical (unpaired) electrons. The Morgan fingerprint density at radius 2 is 2.08 bits per heavy atom. The van der Waals surface area contributed by atoms with E-state index in [1.54, 1.807) is 0 Å². The molecule has 1 aliphatic carbocycles. The lowest BCUT2D eigenvalue weighted by Gasteiger charge is -2.23.